The summed E-state index contributed by atoms with van der Waals surface area (Å²) in [5.74, 6) is -0.346. The highest BCUT2D eigenvalue weighted by Gasteiger charge is 2.73. The lowest BCUT2D eigenvalue weighted by molar-refractivity contribution is 0.166. The van der Waals surface area contributed by atoms with Crippen molar-refractivity contribution >= 4 is 38.6 Å². The monoisotopic (exact) mass is 409 g/mol. The van der Waals surface area contributed by atoms with E-state index in [2.05, 4.69) is 0 Å². The second-order valence-corrected chi connectivity index (χ2v) is 9.59. The molecule has 4 nitrogen and oxygen atoms in total. The zero-order valence-electron chi connectivity index (χ0n) is 14.5. The van der Waals surface area contributed by atoms with Crippen LogP contribution in [0.15, 0.2) is 53.4 Å². The molecule has 0 bridgehead atoms. The van der Waals surface area contributed by atoms with E-state index in [1.807, 2.05) is 31.2 Å². The van der Waals surface area contributed by atoms with E-state index in [4.69, 9.17) is 34.3 Å². The van der Waals surface area contributed by atoms with Gasteiger partial charge < -0.3 is 10.5 Å². The molecule has 0 aliphatic heterocycles. The third-order valence-corrected chi connectivity index (χ3v) is 7.93. The van der Waals surface area contributed by atoms with Gasteiger partial charge in [-0.15, -0.1) is 0 Å². The topological polar surface area (TPSA) is 69.4 Å². The molecular weight excluding hydrogens is 390 g/mol. The second kappa shape index (κ2) is 6.93. The van der Waals surface area contributed by atoms with E-state index in [1.165, 1.54) is 19.2 Å². The Kier molecular flexibility index (Phi) is 5.14. The van der Waals surface area contributed by atoms with Gasteiger partial charge in [0.15, 0.2) is 9.84 Å². The summed E-state index contributed by atoms with van der Waals surface area (Å²) in [6.07, 6.45) is 0. The molecule has 0 amide bonds. The Bertz CT molecular complexity index is 926. The number of methoxy groups -OCH3 is 1. The number of ether oxygens (including phenoxy) is 1. The predicted octanol–water partition coefficient (Wildman–Crippen LogP) is 3.51. The molecule has 1 saturated carbocycles. The summed E-state index contributed by atoms with van der Waals surface area (Å²) in [6, 6.07) is 13.9. The van der Waals surface area contributed by atoms with E-state index in [1.54, 1.807) is 12.1 Å². The summed E-state index contributed by atoms with van der Waals surface area (Å²) < 4.78 is 32.0. The van der Waals surface area contributed by atoms with Crippen LogP contribution < -0.4 is 5.73 Å². The van der Waals surface area contributed by atoms with E-state index in [9.17, 15) is 8.42 Å². The zero-order valence-corrected chi connectivity index (χ0v) is 16.9. The van der Waals surface area contributed by atoms with Gasteiger partial charge in [-0.05, 0) is 36.8 Å². The van der Waals surface area contributed by atoms with E-state index in [0.717, 1.165) is 11.1 Å². The summed E-state index contributed by atoms with van der Waals surface area (Å²) in [7, 11) is -2.15. The van der Waals surface area contributed by atoms with Gasteiger partial charge in [0.05, 0.1) is 27.2 Å². The fourth-order valence-corrected chi connectivity index (χ4v) is 6.55. The van der Waals surface area contributed by atoms with E-state index >= 15 is 0 Å². The molecule has 0 heterocycles. The molecule has 3 rings (SSSR count). The van der Waals surface area contributed by atoms with Gasteiger partial charge in [-0.1, -0.05) is 53.6 Å². The number of aryl methyl sites for hydroxylation is 1. The Morgan fingerprint density at radius 3 is 2.27 bits per heavy atom. The molecule has 0 radical (unpaired) electrons. The molecule has 2 aromatic rings. The molecular formula is C19H20ClNO3S2. The molecule has 0 spiro atoms. The third kappa shape index (κ3) is 3.05. The molecule has 2 N–H and O–H groups in total. The van der Waals surface area contributed by atoms with Gasteiger partial charge in [-0.3, -0.25) is 0 Å². The van der Waals surface area contributed by atoms with Crippen molar-refractivity contribution in [1.82, 2.24) is 0 Å². The Morgan fingerprint density at radius 2 is 1.77 bits per heavy atom. The van der Waals surface area contributed by atoms with Crippen LogP contribution in [0, 0.1) is 12.3 Å². The number of hydrogen-bond donors (Lipinski definition) is 1. The average Bonchev–Trinajstić information content (AvgIpc) is 3.27. The lowest BCUT2D eigenvalue weighted by atomic mass is 9.99. The van der Waals surface area contributed by atoms with Crippen molar-refractivity contribution in [2.45, 2.75) is 23.0 Å². The fourth-order valence-electron chi connectivity index (χ4n) is 3.65. The Hall–Kier alpha value is -1.47. The summed E-state index contributed by atoms with van der Waals surface area (Å²) in [4.78, 5) is 0.366. The predicted molar refractivity (Wildman–Crippen MR) is 107 cm³/mol. The first-order valence-corrected chi connectivity index (χ1v) is 10.4. The number of rotatable bonds is 6. The number of sulfone groups is 1. The largest absolute Gasteiger partial charge is 0.393 e. The molecule has 1 aliphatic rings. The third-order valence-electron chi connectivity index (χ3n) is 5.01. The SMILES string of the molecule is COCC1(C(N)=S)C(c2ccc(C)cc2)C1S(=O)(=O)c1ccc(Cl)cc1. The van der Waals surface area contributed by atoms with Crippen LogP contribution in [0.2, 0.25) is 5.02 Å². The van der Waals surface area contributed by atoms with Crippen molar-refractivity contribution in [3.05, 3.63) is 64.7 Å². The highest BCUT2D eigenvalue weighted by atomic mass is 35.5. The molecule has 1 fully saturated rings. The van der Waals surface area contributed by atoms with Crippen LogP contribution in [0.25, 0.3) is 0 Å². The van der Waals surface area contributed by atoms with E-state index in [-0.39, 0.29) is 22.4 Å². The minimum Gasteiger partial charge on any atom is -0.393 e. The molecule has 3 atom stereocenters. The number of halogens is 1. The lowest BCUT2D eigenvalue weighted by Crippen LogP contribution is -2.33. The Balaban J connectivity index is 2.11. The van der Waals surface area contributed by atoms with Crippen molar-refractivity contribution in [3.8, 4) is 0 Å². The van der Waals surface area contributed by atoms with E-state index in [0.29, 0.717) is 5.02 Å². The van der Waals surface area contributed by atoms with Crippen molar-refractivity contribution in [2.24, 2.45) is 11.1 Å². The van der Waals surface area contributed by atoms with E-state index < -0.39 is 20.5 Å². The first-order valence-electron chi connectivity index (χ1n) is 8.10. The number of nitrogens with two attached hydrogens (primary N) is 1. The van der Waals surface area contributed by atoms with Gasteiger partial charge in [0, 0.05) is 18.1 Å². The Morgan fingerprint density at radius 1 is 1.19 bits per heavy atom. The first kappa shape index (κ1) is 19.3. The lowest BCUT2D eigenvalue weighted by Gasteiger charge is -2.16. The van der Waals surface area contributed by atoms with Gasteiger partial charge >= 0.3 is 0 Å². The summed E-state index contributed by atoms with van der Waals surface area (Å²) in [5, 5.41) is -0.288. The maximum atomic E-state index is 13.3. The number of benzene rings is 2. The minimum absolute atomic E-state index is 0.151. The maximum absolute atomic E-state index is 13.3. The van der Waals surface area contributed by atoms with Gasteiger partial charge in [-0.25, -0.2) is 8.42 Å². The van der Waals surface area contributed by atoms with Crippen LogP contribution in [0.5, 0.6) is 0 Å². The van der Waals surface area contributed by atoms with Crippen LogP contribution in [0.4, 0.5) is 0 Å². The summed E-state index contributed by atoms with van der Waals surface area (Å²) in [6.45, 7) is 2.13. The second-order valence-electron chi connectivity index (χ2n) is 6.65. The van der Waals surface area contributed by atoms with Crippen LogP contribution in [-0.2, 0) is 14.6 Å². The zero-order chi connectivity index (χ0) is 19.1. The molecule has 0 aromatic heterocycles. The van der Waals surface area contributed by atoms with Crippen molar-refractivity contribution in [1.29, 1.82) is 0 Å². The van der Waals surface area contributed by atoms with Crippen LogP contribution in [0.1, 0.15) is 17.0 Å². The number of hydrogen-bond acceptors (Lipinski definition) is 4. The number of thiocarbonyl (C=S) groups is 1. The smallest absolute Gasteiger partial charge is 0.182 e. The molecule has 3 unspecified atom stereocenters. The molecule has 0 saturated heterocycles. The summed E-state index contributed by atoms with van der Waals surface area (Å²) in [5.41, 5.74) is 7.10. The van der Waals surface area contributed by atoms with Gasteiger partial charge in [0.2, 0.25) is 0 Å². The Labute approximate surface area is 164 Å². The van der Waals surface area contributed by atoms with Crippen LogP contribution >= 0.6 is 23.8 Å². The quantitative estimate of drug-likeness (QED) is 0.739. The minimum atomic E-state index is -3.67. The molecule has 26 heavy (non-hydrogen) atoms. The molecule has 7 heteroatoms. The standard InChI is InChI=1S/C19H20ClNO3S2/c1-12-3-5-13(6-4-12)16-17(19(16,11-24-2)18(21)25)26(22,23)15-9-7-14(20)8-10-15/h3-10,16-17H,11H2,1-2H3,(H2,21,25). The van der Waals surface area contributed by atoms with Crippen molar-refractivity contribution in [3.63, 3.8) is 0 Å². The molecule has 2 aromatic carbocycles. The maximum Gasteiger partial charge on any atom is 0.182 e. The van der Waals surface area contributed by atoms with Gasteiger partial charge in [-0.2, -0.15) is 0 Å². The van der Waals surface area contributed by atoms with Gasteiger partial charge in [0.1, 0.15) is 0 Å². The highest BCUT2D eigenvalue weighted by molar-refractivity contribution is 7.92. The molecule has 138 valence electrons. The normalized spacial score (nSPS) is 25.0. The van der Waals surface area contributed by atoms with Crippen molar-refractivity contribution < 1.29 is 13.2 Å². The van der Waals surface area contributed by atoms with Gasteiger partial charge in [0.25, 0.3) is 0 Å². The highest BCUT2D eigenvalue weighted by Crippen LogP contribution is 2.64. The van der Waals surface area contributed by atoms with Crippen molar-refractivity contribution in [2.75, 3.05) is 13.7 Å². The molecule has 1 aliphatic carbocycles. The fraction of sp³-hybridized carbons (Fsp3) is 0.316. The average molecular weight is 410 g/mol. The van der Waals surface area contributed by atoms with Crippen LogP contribution in [0.3, 0.4) is 0 Å². The van der Waals surface area contributed by atoms with Crippen LogP contribution in [-0.4, -0.2) is 32.4 Å². The first-order chi connectivity index (χ1) is 12.2. The summed E-state index contributed by atoms with van der Waals surface area (Å²) >= 11 is 11.2.